The number of allylic oxidation sites excluding steroid dienone is 4. The van der Waals surface area contributed by atoms with Gasteiger partial charge in [-0.1, -0.05) is 164 Å². The molecule has 9 aromatic carbocycles. The summed E-state index contributed by atoms with van der Waals surface area (Å²) < 4.78 is 2.47. The van der Waals surface area contributed by atoms with E-state index in [1.807, 2.05) is 0 Å². The van der Waals surface area contributed by atoms with E-state index < -0.39 is 0 Å². The van der Waals surface area contributed by atoms with Crippen LogP contribution < -0.4 is 4.90 Å². The molecule has 0 aliphatic heterocycles. The molecule has 11 rings (SSSR count). The third kappa shape index (κ3) is 5.98. The molecule has 0 saturated heterocycles. The van der Waals surface area contributed by atoms with Crippen LogP contribution in [-0.2, 0) is 0 Å². The van der Waals surface area contributed by atoms with Crippen molar-refractivity contribution in [2.24, 2.45) is 0 Å². The van der Waals surface area contributed by atoms with Gasteiger partial charge in [-0.25, -0.2) is 0 Å². The first-order valence-corrected chi connectivity index (χ1v) is 20.2. The molecule has 1 aliphatic rings. The van der Waals surface area contributed by atoms with Gasteiger partial charge in [-0.3, -0.25) is 0 Å². The maximum Gasteiger partial charge on any atom is 0.0540 e. The molecule has 2 heteroatoms. The third-order valence-electron chi connectivity index (χ3n) is 11.9. The maximum atomic E-state index is 2.47. The fourth-order valence-corrected chi connectivity index (χ4v) is 9.05. The molecule has 1 atom stereocenters. The summed E-state index contributed by atoms with van der Waals surface area (Å²) in [6.45, 7) is 0. The second-order valence-electron chi connectivity index (χ2n) is 15.3. The summed E-state index contributed by atoms with van der Waals surface area (Å²) in [7, 11) is 0. The molecule has 1 aromatic heterocycles. The van der Waals surface area contributed by atoms with Gasteiger partial charge >= 0.3 is 0 Å². The van der Waals surface area contributed by atoms with Crippen molar-refractivity contribution >= 4 is 66.1 Å². The highest BCUT2D eigenvalue weighted by Gasteiger charge is 2.22. The Morgan fingerprint density at radius 2 is 1.02 bits per heavy atom. The molecule has 2 nitrogen and oxygen atoms in total. The van der Waals surface area contributed by atoms with Crippen molar-refractivity contribution in [1.82, 2.24) is 4.57 Å². The van der Waals surface area contributed by atoms with Gasteiger partial charge in [0.1, 0.15) is 0 Å². The number of rotatable bonds is 7. The van der Waals surface area contributed by atoms with Crippen LogP contribution in [0.2, 0.25) is 0 Å². The molecule has 1 aliphatic carbocycles. The lowest BCUT2D eigenvalue weighted by molar-refractivity contribution is 0.837. The molecule has 0 bridgehead atoms. The minimum atomic E-state index is 0.215. The topological polar surface area (TPSA) is 8.17 Å². The Balaban J connectivity index is 1.01. The largest absolute Gasteiger partial charge is 0.313 e. The molecule has 58 heavy (non-hydrogen) atoms. The SMILES string of the molecule is C1=CC(c2cccc(N(c3ccc(-c4ccc5ccccc5c4)cc3)c3ccccc3-c3ccc4ccccc4c3)c2)CC(n2c3ccccc3c3ccccc32)=C1. The number of fused-ring (bicyclic) bond motifs is 5. The monoisotopic (exact) mass is 740 g/mol. The number of hydrogen-bond donors (Lipinski definition) is 0. The van der Waals surface area contributed by atoms with Gasteiger partial charge in [0.15, 0.2) is 0 Å². The molecular weight excluding hydrogens is 701 g/mol. The number of hydrogen-bond acceptors (Lipinski definition) is 1. The minimum absolute atomic E-state index is 0.215. The quantitative estimate of drug-likeness (QED) is 0.158. The van der Waals surface area contributed by atoms with Crippen LogP contribution in [-0.4, -0.2) is 4.57 Å². The lowest BCUT2D eigenvalue weighted by Gasteiger charge is -2.29. The molecule has 0 amide bonds. The molecule has 10 aromatic rings. The Kier molecular flexibility index (Phi) is 8.33. The number of aromatic nitrogens is 1. The zero-order valence-electron chi connectivity index (χ0n) is 32.0. The lowest BCUT2D eigenvalue weighted by atomic mass is 9.90. The summed E-state index contributed by atoms with van der Waals surface area (Å²) in [5.74, 6) is 0.215. The first-order valence-electron chi connectivity index (χ1n) is 20.2. The van der Waals surface area contributed by atoms with Gasteiger partial charge in [0.2, 0.25) is 0 Å². The van der Waals surface area contributed by atoms with E-state index in [-0.39, 0.29) is 5.92 Å². The van der Waals surface area contributed by atoms with E-state index >= 15 is 0 Å². The van der Waals surface area contributed by atoms with Crippen molar-refractivity contribution in [2.75, 3.05) is 4.90 Å². The van der Waals surface area contributed by atoms with E-state index in [4.69, 9.17) is 0 Å². The minimum Gasteiger partial charge on any atom is -0.313 e. The van der Waals surface area contributed by atoms with Crippen LogP contribution in [0.25, 0.3) is 71.3 Å². The molecule has 0 saturated carbocycles. The van der Waals surface area contributed by atoms with Gasteiger partial charge in [-0.05, 0) is 111 Å². The van der Waals surface area contributed by atoms with Crippen LogP contribution in [0.15, 0.2) is 224 Å². The molecule has 1 unspecified atom stereocenters. The van der Waals surface area contributed by atoms with E-state index in [2.05, 4.69) is 234 Å². The van der Waals surface area contributed by atoms with Crippen molar-refractivity contribution in [1.29, 1.82) is 0 Å². The molecule has 0 radical (unpaired) electrons. The number of benzene rings is 9. The summed E-state index contributed by atoms with van der Waals surface area (Å²) >= 11 is 0. The van der Waals surface area contributed by atoms with Crippen molar-refractivity contribution in [2.45, 2.75) is 12.3 Å². The average molecular weight is 741 g/mol. The summed E-state index contributed by atoms with van der Waals surface area (Å²) in [6.07, 6.45) is 7.80. The average Bonchev–Trinajstić information content (AvgIpc) is 3.64. The van der Waals surface area contributed by atoms with Crippen LogP contribution in [0, 0.1) is 0 Å². The fourth-order valence-electron chi connectivity index (χ4n) is 9.05. The highest BCUT2D eigenvalue weighted by molar-refractivity contribution is 6.10. The van der Waals surface area contributed by atoms with Crippen LogP contribution in [0.3, 0.4) is 0 Å². The molecule has 274 valence electrons. The number of anilines is 3. The Bertz CT molecular complexity index is 3160. The van der Waals surface area contributed by atoms with E-state index in [1.165, 1.54) is 76.9 Å². The lowest BCUT2D eigenvalue weighted by Crippen LogP contribution is -2.12. The third-order valence-corrected chi connectivity index (χ3v) is 11.9. The van der Waals surface area contributed by atoms with Gasteiger partial charge in [-0.15, -0.1) is 0 Å². The first kappa shape index (κ1) is 33.9. The summed E-state index contributed by atoms with van der Waals surface area (Å²) in [5, 5.41) is 7.56. The van der Waals surface area contributed by atoms with Crippen molar-refractivity contribution in [3.63, 3.8) is 0 Å². The molecule has 0 N–H and O–H groups in total. The zero-order chi connectivity index (χ0) is 38.4. The van der Waals surface area contributed by atoms with E-state index in [1.54, 1.807) is 0 Å². The zero-order valence-corrected chi connectivity index (χ0v) is 32.0. The number of nitrogens with zero attached hydrogens (tertiary/aromatic N) is 2. The molecular formula is C56H40N2. The fraction of sp³-hybridized carbons (Fsp3) is 0.0357. The van der Waals surface area contributed by atoms with Crippen molar-refractivity contribution < 1.29 is 0 Å². The van der Waals surface area contributed by atoms with Crippen molar-refractivity contribution in [3.05, 3.63) is 230 Å². The van der Waals surface area contributed by atoms with Crippen LogP contribution in [0.1, 0.15) is 17.9 Å². The van der Waals surface area contributed by atoms with E-state index in [0.717, 1.165) is 23.5 Å². The van der Waals surface area contributed by atoms with Crippen LogP contribution in [0.5, 0.6) is 0 Å². The molecule has 1 heterocycles. The summed E-state index contributed by atoms with van der Waals surface area (Å²) in [5.41, 5.74) is 13.3. The van der Waals surface area contributed by atoms with E-state index in [0.29, 0.717) is 0 Å². The standard InChI is InChI=1S/C56H40N2/c1-3-15-42-35-46(29-27-39(42)13-1)41-31-33-48(34-32-41)57(54-24-8-5-21-51(54)47-30-28-40-14-2-4-16-43(40)36-47)49-19-11-17-44(37-49)45-18-12-20-50(38-45)58-55-25-9-6-22-52(55)53-23-7-10-26-56(53)58/h1-37,45H,38H2. The van der Waals surface area contributed by atoms with Crippen LogP contribution in [0.4, 0.5) is 17.1 Å². The smallest absolute Gasteiger partial charge is 0.0540 e. The van der Waals surface area contributed by atoms with Gasteiger partial charge in [0.25, 0.3) is 0 Å². The Hall–Kier alpha value is -7.42. The van der Waals surface area contributed by atoms with Crippen molar-refractivity contribution in [3.8, 4) is 22.3 Å². The van der Waals surface area contributed by atoms with Gasteiger partial charge in [0, 0.05) is 39.3 Å². The Labute approximate surface area is 338 Å². The Morgan fingerprint density at radius 3 is 1.74 bits per heavy atom. The first-order chi connectivity index (χ1) is 28.7. The normalized spacial score (nSPS) is 14.0. The predicted octanol–water partition coefficient (Wildman–Crippen LogP) is 15.5. The predicted molar refractivity (Wildman–Crippen MR) is 247 cm³/mol. The second-order valence-corrected chi connectivity index (χ2v) is 15.3. The number of para-hydroxylation sites is 3. The highest BCUT2D eigenvalue weighted by atomic mass is 15.1. The maximum absolute atomic E-state index is 2.47. The van der Waals surface area contributed by atoms with Gasteiger partial charge in [0.05, 0.1) is 16.7 Å². The summed E-state index contributed by atoms with van der Waals surface area (Å²) in [4.78, 5) is 2.44. The van der Waals surface area contributed by atoms with Gasteiger partial charge in [-0.2, -0.15) is 0 Å². The Morgan fingerprint density at radius 1 is 0.431 bits per heavy atom. The van der Waals surface area contributed by atoms with Crippen LogP contribution >= 0.6 is 0 Å². The molecule has 0 spiro atoms. The highest BCUT2D eigenvalue weighted by Crippen LogP contribution is 2.44. The molecule has 0 fully saturated rings. The summed E-state index contributed by atoms with van der Waals surface area (Å²) in [6, 6.07) is 75.4. The van der Waals surface area contributed by atoms with E-state index in [9.17, 15) is 0 Å². The van der Waals surface area contributed by atoms with Gasteiger partial charge < -0.3 is 9.47 Å². The second kappa shape index (κ2) is 14.3.